The van der Waals surface area contributed by atoms with E-state index in [1.807, 2.05) is 52.0 Å². The number of benzene rings is 3. The van der Waals surface area contributed by atoms with E-state index in [4.69, 9.17) is 24.4 Å². The second-order valence-corrected chi connectivity index (χ2v) is 25.6. The molecule has 8 N–H and O–H groups in total. The highest BCUT2D eigenvalue weighted by atomic mass is 32.2. The van der Waals surface area contributed by atoms with E-state index in [1.165, 1.54) is 14.1 Å². The van der Waals surface area contributed by atoms with Gasteiger partial charge in [0.1, 0.15) is 36.3 Å². The monoisotopic (exact) mass is 1170 g/mol. The molecule has 4 saturated heterocycles. The standard InChI is InChI=1S/C56H72N10O10S4/c1-31(63(7)53(73)74)49(77)59-37-23-25-79-39-27-55(3,4)43(65(39)51(37)71)47(69)61-41(35-15-11-9-12-16-35)45(67)57-29-33-19-21-34(22-20-33)30-58-46(68)42(36-17-13-10-14-18-36)62-48(70)44-56(5,6)28-40-66(44)52(72)38(24-26-80-40)60-50(78)32(2)64(8)54(75)76/h9-22,31-32,37-44H,23-30H2,1-8H3,(H,57,67)(H,58,68)(H,59,77)(H,60,78)(H,61,69)(H,62,70)(H,73,74)(H,75,76)/t31?,32?,37-,38-,39-,40-,41?,42?,43+,44+/m0/s1. The summed E-state index contributed by atoms with van der Waals surface area (Å²) in [5, 5.41) is 36.5. The van der Waals surface area contributed by atoms with Crippen molar-refractivity contribution in [3.05, 3.63) is 107 Å². The number of nitrogens with zero attached hydrogens (tertiary/aromatic N) is 4. The Labute approximate surface area is 486 Å². The van der Waals surface area contributed by atoms with E-state index in [0.717, 1.165) is 20.9 Å². The lowest BCUT2D eigenvalue weighted by Gasteiger charge is -2.35. The van der Waals surface area contributed by atoms with Crippen LogP contribution in [0.2, 0.25) is 0 Å². The molecule has 4 aliphatic heterocycles. The van der Waals surface area contributed by atoms with E-state index in [9.17, 15) is 48.6 Å². The molecule has 3 aromatic rings. The van der Waals surface area contributed by atoms with Crippen molar-refractivity contribution < 1.29 is 48.6 Å². The summed E-state index contributed by atoms with van der Waals surface area (Å²) >= 11 is 14.2. The maximum absolute atomic E-state index is 14.6. The van der Waals surface area contributed by atoms with Gasteiger partial charge >= 0.3 is 12.2 Å². The molecule has 4 heterocycles. The van der Waals surface area contributed by atoms with Gasteiger partial charge in [0.15, 0.2) is 0 Å². The molecular formula is C56H72N10O10S4. The van der Waals surface area contributed by atoms with Crippen LogP contribution in [-0.4, -0.2) is 160 Å². The summed E-state index contributed by atoms with van der Waals surface area (Å²) in [5.41, 5.74) is 1.17. The predicted molar refractivity (Wildman–Crippen MR) is 314 cm³/mol. The first-order chi connectivity index (χ1) is 37.8. The van der Waals surface area contributed by atoms with Gasteiger partial charge in [-0.05, 0) is 84.1 Å². The zero-order valence-electron chi connectivity index (χ0n) is 46.1. The van der Waals surface area contributed by atoms with Crippen molar-refractivity contribution in [3.63, 3.8) is 0 Å². The lowest BCUT2D eigenvalue weighted by Crippen LogP contribution is -2.58. The molecule has 20 nitrogen and oxygen atoms in total. The van der Waals surface area contributed by atoms with Gasteiger partial charge in [0.25, 0.3) is 0 Å². The molecule has 3 aromatic carbocycles. The summed E-state index contributed by atoms with van der Waals surface area (Å²) in [6, 6.07) is 17.8. The van der Waals surface area contributed by atoms with Crippen molar-refractivity contribution in [1.29, 1.82) is 0 Å². The third-order valence-corrected chi connectivity index (χ3v) is 19.0. The van der Waals surface area contributed by atoms with Crippen LogP contribution in [0.3, 0.4) is 0 Å². The van der Waals surface area contributed by atoms with E-state index in [-0.39, 0.29) is 45.6 Å². The molecule has 24 heteroatoms. The fraction of sp³-hybridized carbons (Fsp3) is 0.500. The van der Waals surface area contributed by atoms with Gasteiger partial charge in [-0.2, -0.15) is 0 Å². The Hall–Kier alpha value is -6.50. The van der Waals surface area contributed by atoms with E-state index in [1.54, 1.807) is 108 Å². The number of carboxylic acid groups (broad SMARTS) is 2. The number of rotatable bonds is 18. The van der Waals surface area contributed by atoms with Gasteiger partial charge in [0.2, 0.25) is 35.4 Å². The van der Waals surface area contributed by atoms with E-state index >= 15 is 0 Å². The highest BCUT2D eigenvalue weighted by molar-refractivity contribution is 8.00. The third-order valence-electron chi connectivity index (χ3n) is 15.6. The fourth-order valence-corrected chi connectivity index (χ4v) is 14.4. The zero-order valence-corrected chi connectivity index (χ0v) is 49.4. The van der Waals surface area contributed by atoms with Crippen LogP contribution in [-0.2, 0) is 41.9 Å². The average Bonchev–Trinajstić information content (AvgIpc) is 4.03. The molecule has 4 aliphatic rings. The van der Waals surface area contributed by atoms with Gasteiger partial charge in [-0.3, -0.25) is 28.8 Å². The number of thiocarbonyl (C=S) groups is 2. The van der Waals surface area contributed by atoms with Crippen LogP contribution >= 0.6 is 48.0 Å². The Balaban J connectivity index is 0.993. The Morgan fingerprint density at radius 1 is 0.600 bits per heavy atom. The van der Waals surface area contributed by atoms with Gasteiger partial charge in [0.05, 0.1) is 32.8 Å². The van der Waals surface area contributed by atoms with Gasteiger partial charge in [0, 0.05) is 27.2 Å². The van der Waals surface area contributed by atoms with E-state index in [0.29, 0.717) is 48.3 Å². The summed E-state index contributed by atoms with van der Waals surface area (Å²) in [5.74, 6) is -1.42. The maximum atomic E-state index is 14.6. The number of thioether (sulfide) groups is 2. The Morgan fingerprint density at radius 2 is 0.938 bits per heavy atom. The molecule has 0 aromatic heterocycles. The second-order valence-electron chi connectivity index (χ2n) is 22.1. The molecular weight excluding hydrogens is 1100 g/mol. The van der Waals surface area contributed by atoms with Crippen LogP contribution < -0.4 is 31.9 Å². The van der Waals surface area contributed by atoms with Crippen molar-refractivity contribution in [2.45, 2.75) is 139 Å². The lowest BCUT2D eigenvalue weighted by atomic mass is 9.83. The number of carbonyl (C=O) groups is 8. The van der Waals surface area contributed by atoms with Crippen LogP contribution in [0.15, 0.2) is 84.9 Å². The van der Waals surface area contributed by atoms with Crippen molar-refractivity contribution in [1.82, 2.24) is 51.5 Å². The molecule has 8 amide bonds. The third kappa shape index (κ3) is 14.0. The number of hydrogen-bond donors (Lipinski definition) is 8. The summed E-state index contributed by atoms with van der Waals surface area (Å²) in [4.78, 5) is 115. The Bertz CT molecular complexity index is 2640. The molecule has 0 aliphatic carbocycles. The van der Waals surface area contributed by atoms with Crippen molar-refractivity contribution >= 4 is 106 Å². The van der Waals surface area contributed by atoms with E-state index < -0.39 is 95.0 Å². The summed E-state index contributed by atoms with van der Waals surface area (Å²) in [7, 11) is 2.80. The topological polar surface area (TPSA) is 262 Å². The molecule has 80 heavy (non-hydrogen) atoms. The smallest absolute Gasteiger partial charge is 0.407 e. The average molecular weight is 1170 g/mol. The van der Waals surface area contributed by atoms with Crippen molar-refractivity contribution in [3.8, 4) is 0 Å². The van der Waals surface area contributed by atoms with Crippen LogP contribution in [0.25, 0.3) is 0 Å². The van der Waals surface area contributed by atoms with Crippen LogP contribution in [0.1, 0.15) is 102 Å². The molecule has 0 saturated carbocycles. The highest BCUT2D eigenvalue weighted by Crippen LogP contribution is 2.48. The Morgan fingerprint density at radius 3 is 1.26 bits per heavy atom. The number of likely N-dealkylation sites (N-methyl/N-ethyl adjacent to an activating group) is 2. The molecule has 4 fully saturated rings. The maximum Gasteiger partial charge on any atom is 0.407 e. The van der Waals surface area contributed by atoms with Crippen LogP contribution in [0.4, 0.5) is 9.59 Å². The predicted octanol–water partition coefficient (Wildman–Crippen LogP) is 5.38. The minimum absolute atomic E-state index is 0.0921. The SMILES string of the molecule is CC(C(=S)N[C@H]1CCS[C@H]2CC(C)(C)[C@@H](C(=O)NC(C(=O)NCc3ccc(CNC(=O)C(NC(=O)[C@H]4N5C(=O)[C@@H](NC(=S)C(C)N(C)C(=O)O)CCS[C@H]5CC4(C)C)c4ccccc4)cc3)c3ccccc3)N2C1=O)N(C)C(=O)O. The number of fused-ring (bicyclic) bond motifs is 2. The first-order valence-electron chi connectivity index (χ1n) is 26.5. The first-order valence-corrected chi connectivity index (χ1v) is 29.5. The van der Waals surface area contributed by atoms with Crippen molar-refractivity contribution in [2.24, 2.45) is 10.8 Å². The molecule has 0 radical (unpaired) electrons. The van der Waals surface area contributed by atoms with Gasteiger partial charge < -0.3 is 61.7 Å². The Kier molecular flexibility index (Phi) is 19.8. The molecule has 10 atom stereocenters. The number of carbonyl (C=O) groups excluding carboxylic acids is 6. The second kappa shape index (κ2) is 26.0. The van der Waals surface area contributed by atoms with Gasteiger partial charge in [-0.15, -0.1) is 23.5 Å². The zero-order chi connectivity index (χ0) is 58.4. The molecule has 4 unspecified atom stereocenters. The first kappa shape index (κ1) is 61.1. The van der Waals surface area contributed by atoms with Gasteiger partial charge in [-0.25, -0.2) is 9.59 Å². The minimum Gasteiger partial charge on any atom is -0.465 e. The number of hydrogen-bond acceptors (Lipinski definition) is 12. The van der Waals surface area contributed by atoms with Crippen LogP contribution in [0.5, 0.6) is 0 Å². The van der Waals surface area contributed by atoms with E-state index in [2.05, 4.69) is 31.9 Å². The normalized spacial score (nSPS) is 23.4. The van der Waals surface area contributed by atoms with Gasteiger partial charge in [-0.1, -0.05) is 137 Å². The number of amides is 8. The molecule has 430 valence electrons. The fourth-order valence-electron chi connectivity index (χ4n) is 10.7. The lowest BCUT2D eigenvalue weighted by molar-refractivity contribution is -0.143. The summed E-state index contributed by atoms with van der Waals surface area (Å²) < 4.78 is 0. The largest absolute Gasteiger partial charge is 0.465 e. The number of nitrogens with one attached hydrogen (secondary N) is 6. The molecule has 7 rings (SSSR count). The molecule has 0 spiro atoms. The van der Waals surface area contributed by atoms with Crippen molar-refractivity contribution in [2.75, 3.05) is 25.6 Å². The molecule has 0 bridgehead atoms. The minimum atomic E-state index is -1.17. The summed E-state index contributed by atoms with van der Waals surface area (Å²) in [6.45, 7) is 11.2. The van der Waals surface area contributed by atoms with Crippen LogP contribution in [0, 0.1) is 10.8 Å². The summed E-state index contributed by atoms with van der Waals surface area (Å²) in [6.07, 6.45) is -0.456. The highest BCUT2D eigenvalue weighted by Gasteiger charge is 2.56. The quantitative estimate of drug-likeness (QED) is 0.0744.